The zero-order chi connectivity index (χ0) is 7.56. The molecule has 52 valence electrons. The molecule has 0 unspecified atom stereocenters. The van der Waals surface area contributed by atoms with Crippen molar-refractivity contribution < 1.29 is 0 Å². The summed E-state index contributed by atoms with van der Waals surface area (Å²) in [6, 6.07) is 0. The monoisotopic (exact) mass is 135 g/mol. The summed E-state index contributed by atoms with van der Waals surface area (Å²) in [5.74, 6) is 0.759. The maximum Gasteiger partial charge on any atom is 0.157 e. The average molecular weight is 135 g/mol. The van der Waals surface area contributed by atoms with Gasteiger partial charge in [0.1, 0.15) is 6.33 Å². The van der Waals surface area contributed by atoms with Crippen LogP contribution in [0.25, 0.3) is 11.8 Å². The first-order valence-corrected chi connectivity index (χ1v) is 2.93. The fraction of sp³-hybridized carbons (Fsp3) is 0.143. The Balaban J connectivity index is 3.13. The van der Waals surface area contributed by atoms with E-state index in [0.29, 0.717) is 0 Å². The van der Waals surface area contributed by atoms with Crippen molar-refractivity contribution >= 4 is 11.8 Å². The van der Waals surface area contributed by atoms with Crippen molar-refractivity contribution in [2.24, 2.45) is 0 Å². The summed E-state index contributed by atoms with van der Waals surface area (Å²) < 4.78 is 1.59. The summed E-state index contributed by atoms with van der Waals surface area (Å²) in [5, 5.41) is 3.88. The van der Waals surface area contributed by atoms with Crippen LogP contribution in [0.5, 0.6) is 0 Å². The van der Waals surface area contributed by atoms with Crippen LogP contribution in [0.1, 0.15) is 12.7 Å². The number of hydrogen-bond donors (Lipinski definition) is 0. The molecule has 0 aromatic carbocycles. The minimum absolute atomic E-state index is 0.759. The predicted molar refractivity (Wildman–Crippen MR) is 41.1 cm³/mol. The molecule has 0 radical (unpaired) electrons. The fourth-order valence-corrected chi connectivity index (χ4v) is 0.689. The third-order valence-electron chi connectivity index (χ3n) is 1.13. The van der Waals surface area contributed by atoms with E-state index in [1.54, 1.807) is 10.9 Å². The molecule has 0 atom stereocenters. The van der Waals surface area contributed by atoms with Gasteiger partial charge in [0.15, 0.2) is 5.82 Å². The minimum Gasteiger partial charge on any atom is -0.222 e. The molecule has 0 N–H and O–H groups in total. The van der Waals surface area contributed by atoms with Crippen LogP contribution >= 0.6 is 0 Å². The van der Waals surface area contributed by atoms with Crippen molar-refractivity contribution in [3.8, 4) is 0 Å². The van der Waals surface area contributed by atoms with Gasteiger partial charge in [-0.25, -0.2) is 9.67 Å². The van der Waals surface area contributed by atoms with E-state index in [1.165, 1.54) is 6.33 Å². The molecule has 0 saturated carbocycles. The Morgan fingerprint density at radius 3 is 2.90 bits per heavy atom. The Morgan fingerprint density at radius 2 is 2.50 bits per heavy atom. The summed E-state index contributed by atoms with van der Waals surface area (Å²) in [6.07, 6.45) is 3.07. The Bertz CT molecular complexity index is 260. The largest absolute Gasteiger partial charge is 0.222 e. The van der Waals surface area contributed by atoms with Crippen molar-refractivity contribution in [3.63, 3.8) is 0 Å². The van der Waals surface area contributed by atoms with Gasteiger partial charge in [-0.2, -0.15) is 5.10 Å². The predicted octanol–water partition coefficient (Wildman–Crippen LogP) is 1.41. The third-order valence-corrected chi connectivity index (χ3v) is 1.13. The number of hydrogen-bond acceptors (Lipinski definition) is 2. The van der Waals surface area contributed by atoms with Gasteiger partial charge in [0.2, 0.25) is 0 Å². The van der Waals surface area contributed by atoms with Gasteiger partial charge in [-0.3, -0.25) is 0 Å². The molecule has 0 fully saturated rings. The van der Waals surface area contributed by atoms with E-state index >= 15 is 0 Å². The number of allylic oxidation sites excluding steroid dienone is 1. The van der Waals surface area contributed by atoms with Gasteiger partial charge in [-0.15, -0.1) is 0 Å². The number of aromatic nitrogens is 3. The summed E-state index contributed by atoms with van der Waals surface area (Å²) in [4.78, 5) is 3.97. The van der Waals surface area contributed by atoms with Crippen molar-refractivity contribution in [1.29, 1.82) is 0 Å². The highest BCUT2D eigenvalue weighted by Gasteiger charge is 1.99. The molecule has 0 saturated heterocycles. The van der Waals surface area contributed by atoms with Gasteiger partial charge in [0, 0.05) is 6.20 Å². The standard InChI is InChI=1S/C7H9N3/c1-4-10-7(6(2)3)8-5-9-10/h4-5H,1-2H2,3H3. The van der Waals surface area contributed by atoms with Gasteiger partial charge >= 0.3 is 0 Å². The van der Waals surface area contributed by atoms with Crippen molar-refractivity contribution in [2.75, 3.05) is 0 Å². The van der Waals surface area contributed by atoms with E-state index in [2.05, 4.69) is 23.2 Å². The molecule has 3 nitrogen and oxygen atoms in total. The van der Waals surface area contributed by atoms with Crippen LogP contribution in [0.3, 0.4) is 0 Å². The molecular weight excluding hydrogens is 126 g/mol. The van der Waals surface area contributed by atoms with Gasteiger partial charge in [-0.1, -0.05) is 13.2 Å². The number of rotatable bonds is 2. The summed E-state index contributed by atoms with van der Waals surface area (Å²) in [5.41, 5.74) is 0.886. The van der Waals surface area contributed by atoms with Gasteiger partial charge < -0.3 is 0 Å². The van der Waals surface area contributed by atoms with E-state index in [0.717, 1.165) is 11.4 Å². The van der Waals surface area contributed by atoms with E-state index in [1.807, 2.05) is 6.92 Å². The van der Waals surface area contributed by atoms with Crippen molar-refractivity contribution in [1.82, 2.24) is 14.8 Å². The van der Waals surface area contributed by atoms with Crippen LogP contribution in [0, 0.1) is 0 Å². The molecule has 10 heavy (non-hydrogen) atoms. The summed E-state index contributed by atoms with van der Waals surface area (Å²) >= 11 is 0. The summed E-state index contributed by atoms with van der Waals surface area (Å²) in [6.45, 7) is 9.18. The first kappa shape index (κ1) is 6.74. The van der Waals surface area contributed by atoms with Crippen LogP contribution in [-0.2, 0) is 0 Å². The molecule has 1 heterocycles. The van der Waals surface area contributed by atoms with E-state index in [4.69, 9.17) is 0 Å². The zero-order valence-electron chi connectivity index (χ0n) is 5.91. The van der Waals surface area contributed by atoms with E-state index in [-0.39, 0.29) is 0 Å². The van der Waals surface area contributed by atoms with Crippen LogP contribution < -0.4 is 0 Å². The molecule has 0 aliphatic heterocycles. The minimum atomic E-state index is 0.759. The van der Waals surface area contributed by atoms with Crippen LogP contribution in [0.4, 0.5) is 0 Å². The molecule has 0 amide bonds. The highest BCUT2D eigenvalue weighted by atomic mass is 15.3. The third kappa shape index (κ3) is 0.978. The highest BCUT2D eigenvalue weighted by molar-refractivity contribution is 5.55. The summed E-state index contributed by atoms with van der Waals surface area (Å²) in [7, 11) is 0. The lowest BCUT2D eigenvalue weighted by Crippen LogP contribution is -1.93. The lowest BCUT2D eigenvalue weighted by atomic mass is 10.3. The van der Waals surface area contributed by atoms with Crippen LogP contribution in [0.15, 0.2) is 19.5 Å². The quantitative estimate of drug-likeness (QED) is 0.613. The first-order chi connectivity index (χ1) is 4.75. The maximum atomic E-state index is 3.97. The van der Waals surface area contributed by atoms with Gasteiger partial charge in [-0.05, 0) is 12.5 Å². The molecule has 0 aliphatic carbocycles. The van der Waals surface area contributed by atoms with Crippen molar-refractivity contribution in [3.05, 3.63) is 25.3 Å². The normalized spacial score (nSPS) is 9.30. The molecule has 1 aromatic heterocycles. The van der Waals surface area contributed by atoms with Crippen LogP contribution in [-0.4, -0.2) is 14.8 Å². The van der Waals surface area contributed by atoms with Gasteiger partial charge in [0.05, 0.1) is 0 Å². The molecule has 0 bridgehead atoms. The molecule has 3 heteroatoms. The second kappa shape index (κ2) is 2.47. The second-order valence-electron chi connectivity index (χ2n) is 1.99. The van der Waals surface area contributed by atoms with Crippen LogP contribution in [0.2, 0.25) is 0 Å². The number of nitrogens with zero attached hydrogens (tertiary/aromatic N) is 3. The Morgan fingerprint density at radius 1 is 1.80 bits per heavy atom. The van der Waals surface area contributed by atoms with Crippen molar-refractivity contribution in [2.45, 2.75) is 6.92 Å². The van der Waals surface area contributed by atoms with E-state index in [9.17, 15) is 0 Å². The molecule has 1 aromatic rings. The Hall–Kier alpha value is -1.38. The molecular formula is C7H9N3. The smallest absolute Gasteiger partial charge is 0.157 e. The second-order valence-corrected chi connectivity index (χ2v) is 1.99. The molecule has 0 aliphatic rings. The maximum absolute atomic E-state index is 3.97. The average Bonchev–Trinajstić information content (AvgIpc) is 2.33. The molecule has 1 rings (SSSR count). The zero-order valence-corrected chi connectivity index (χ0v) is 5.91. The Kier molecular flexibility index (Phi) is 1.67. The topological polar surface area (TPSA) is 30.7 Å². The highest BCUT2D eigenvalue weighted by Crippen LogP contribution is 2.05. The molecule has 0 spiro atoms. The van der Waals surface area contributed by atoms with Gasteiger partial charge in [0.25, 0.3) is 0 Å². The first-order valence-electron chi connectivity index (χ1n) is 2.93. The Labute approximate surface area is 59.7 Å². The lowest BCUT2D eigenvalue weighted by Gasteiger charge is -1.95. The SMILES string of the molecule is C=Cn1ncnc1C(=C)C. The lowest BCUT2D eigenvalue weighted by molar-refractivity contribution is 0.918. The van der Waals surface area contributed by atoms with E-state index < -0.39 is 0 Å². The fourth-order valence-electron chi connectivity index (χ4n) is 0.689.